The van der Waals surface area contributed by atoms with E-state index < -0.39 is 0 Å². The number of carbonyl (C=O) groups excluding carboxylic acids is 1. The van der Waals surface area contributed by atoms with Crippen molar-refractivity contribution in [3.8, 4) is 5.75 Å². The van der Waals surface area contributed by atoms with E-state index >= 15 is 0 Å². The minimum Gasteiger partial charge on any atom is -0.483 e. The molecule has 2 rings (SSSR count). The number of methoxy groups -OCH3 is 1. The summed E-state index contributed by atoms with van der Waals surface area (Å²) in [6.07, 6.45) is 1.02. The molecule has 1 aromatic rings. The first-order valence-corrected chi connectivity index (χ1v) is 7.07. The average molecular weight is 277 g/mol. The predicted octanol–water partition coefficient (Wildman–Crippen LogP) is 2.18. The molecule has 1 unspecified atom stereocenters. The normalized spacial score (nSPS) is 18.4. The zero-order chi connectivity index (χ0) is 14.5. The van der Waals surface area contributed by atoms with Gasteiger partial charge in [-0.3, -0.25) is 4.79 Å². The van der Waals surface area contributed by atoms with E-state index in [2.05, 4.69) is 0 Å². The number of aryl methyl sites for hydroxylation is 1. The molecule has 0 N–H and O–H groups in total. The zero-order valence-electron chi connectivity index (χ0n) is 12.5. The molecule has 20 heavy (non-hydrogen) atoms. The van der Waals surface area contributed by atoms with Crippen LogP contribution >= 0.6 is 0 Å². The molecule has 1 fully saturated rings. The summed E-state index contributed by atoms with van der Waals surface area (Å²) in [5.74, 6) is 1.32. The van der Waals surface area contributed by atoms with Crippen LogP contribution in [0.1, 0.15) is 17.5 Å². The maximum Gasteiger partial charge on any atom is 0.260 e. The Morgan fingerprint density at radius 3 is 2.95 bits per heavy atom. The van der Waals surface area contributed by atoms with Gasteiger partial charge < -0.3 is 14.4 Å². The third kappa shape index (κ3) is 3.51. The van der Waals surface area contributed by atoms with Gasteiger partial charge >= 0.3 is 0 Å². The quantitative estimate of drug-likeness (QED) is 0.828. The first kappa shape index (κ1) is 14.9. The van der Waals surface area contributed by atoms with Gasteiger partial charge in [-0.1, -0.05) is 12.1 Å². The Hall–Kier alpha value is -1.55. The van der Waals surface area contributed by atoms with Crippen molar-refractivity contribution in [2.45, 2.75) is 20.3 Å². The smallest absolute Gasteiger partial charge is 0.260 e. The van der Waals surface area contributed by atoms with Crippen molar-refractivity contribution in [3.63, 3.8) is 0 Å². The van der Waals surface area contributed by atoms with Gasteiger partial charge in [0.2, 0.25) is 0 Å². The molecule has 1 heterocycles. The SMILES string of the molecule is COCC1CCN(C(=O)COc2cccc(C)c2C)C1. The highest BCUT2D eigenvalue weighted by Gasteiger charge is 2.26. The molecule has 1 amide bonds. The van der Waals surface area contributed by atoms with E-state index in [-0.39, 0.29) is 12.5 Å². The monoisotopic (exact) mass is 277 g/mol. The Bertz CT molecular complexity index is 473. The van der Waals surface area contributed by atoms with Crippen molar-refractivity contribution in [3.05, 3.63) is 29.3 Å². The van der Waals surface area contributed by atoms with Crippen LogP contribution in [0, 0.1) is 19.8 Å². The molecule has 0 aliphatic carbocycles. The molecule has 0 radical (unpaired) electrons. The molecular formula is C16H23NO3. The molecule has 4 heteroatoms. The molecule has 1 atom stereocenters. The van der Waals surface area contributed by atoms with Crippen molar-refractivity contribution in [2.24, 2.45) is 5.92 Å². The minimum absolute atomic E-state index is 0.0597. The summed E-state index contributed by atoms with van der Waals surface area (Å²) in [6, 6.07) is 5.90. The van der Waals surface area contributed by atoms with E-state index in [1.807, 2.05) is 36.9 Å². The second-order valence-corrected chi connectivity index (χ2v) is 5.44. The summed E-state index contributed by atoms with van der Waals surface area (Å²) in [6.45, 7) is 6.48. The van der Waals surface area contributed by atoms with Crippen molar-refractivity contribution < 1.29 is 14.3 Å². The van der Waals surface area contributed by atoms with Crippen LogP contribution in [-0.2, 0) is 9.53 Å². The maximum absolute atomic E-state index is 12.1. The van der Waals surface area contributed by atoms with Gasteiger partial charge in [0.05, 0.1) is 6.61 Å². The highest BCUT2D eigenvalue weighted by Crippen LogP contribution is 2.21. The number of rotatable bonds is 5. The van der Waals surface area contributed by atoms with E-state index in [4.69, 9.17) is 9.47 Å². The second kappa shape index (κ2) is 6.75. The van der Waals surface area contributed by atoms with Gasteiger partial charge in [-0.2, -0.15) is 0 Å². The fraction of sp³-hybridized carbons (Fsp3) is 0.562. The number of amides is 1. The van der Waals surface area contributed by atoms with E-state index in [1.54, 1.807) is 7.11 Å². The molecule has 4 nitrogen and oxygen atoms in total. The Morgan fingerprint density at radius 1 is 1.40 bits per heavy atom. The number of hydrogen-bond donors (Lipinski definition) is 0. The molecule has 0 saturated carbocycles. The molecule has 0 aromatic heterocycles. The lowest BCUT2D eigenvalue weighted by atomic mass is 10.1. The van der Waals surface area contributed by atoms with E-state index in [9.17, 15) is 4.79 Å². The van der Waals surface area contributed by atoms with Crippen molar-refractivity contribution >= 4 is 5.91 Å². The molecule has 1 saturated heterocycles. The summed E-state index contributed by atoms with van der Waals surface area (Å²) >= 11 is 0. The van der Waals surface area contributed by atoms with Crippen LogP contribution in [0.5, 0.6) is 5.75 Å². The lowest BCUT2D eigenvalue weighted by Crippen LogP contribution is -2.33. The first-order valence-electron chi connectivity index (χ1n) is 7.07. The fourth-order valence-electron chi connectivity index (χ4n) is 2.54. The van der Waals surface area contributed by atoms with Gasteiger partial charge in [0.1, 0.15) is 5.75 Å². The molecule has 0 spiro atoms. The van der Waals surface area contributed by atoms with Crippen molar-refractivity contribution in [1.29, 1.82) is 0 Å². The molecule has 110 valence electrons. The lowest BCUT2D eigenvalue weighted by Gasteiger charge is -2.17. The molecular weight excluding hydrogens is 254 g/mol. The van der Waals surface area contributed by atoms with Crippen LogP contribution in [0.15, 0.2) is 18.2 Å². The summed E-state index contributed by atoms with van der Waals surface area (Å²) in [4.78, 5) is 14.0. The van der Waals surface area contributed by atoms with Crippen LogP contribution in [-0.4, -0.2) is 44.2 Å². The number of carbonyl (C=O) groups is 1. The molecule has 1 aliphatic rings. The van der Waals surface area contributed by atoms with Crippen molar-refractivity contribution in [1.82, 2.24) is 4.90 Å². The predicted molar refractivity (Wildman–Crippen MR) is 78.0 cm³/mol. The number of ether oxygens (including phenoxy) is 2. The van der Waals surface area contributed by atoms with E-state index in [1.165, 1.54) is 5.56 Å². The van der Waals surface area contributed by atoms with E-state index in [0.717, 1.165) is 37.4 Å². The van der Waals surface area contributed by atoms with Crippen LogP contribution < -0.4 is 4.74 Å². The number of hydrogen-bond acceptors (Lipinski definition) is 3. The number of nitrogens with zero attached hydrogens (tertiary/aromatic N) is 1. The third-order valence-electron chi connectivity index (χ3n) is 3.95. The number of benzene rings is 1. The molecule has 1 aliphatic heterocycles. The second-order valence-electron chi connectivity index (χ2n) is 5.44. The standard InChI is InChI=1S/C16H23NO3/c1-12-5-4-6-15(13(12)2)20-11-16(18)17-8-7-14(9-17)10-19-3/h4-6,14H,7-11H2,1-3H3. The molecule has 1 aromatic carbocycles. The summed E-state index contributed by atoms with van der Waals surface area (Å²) in [5.41, 5.74) is 2.27. The Morgan fingerprint density at radius 2 is 2.20 bits per heavy atom. The van der Waals surface area contributed by atoms with Crippen LogP contribution in [0.2, 0.25) is 0 Å². The first-order chi connectivity index (χ1) is 9.61. The average Bonchev–Trinajstić information content (AvgIpc) is 2.89. The van der Waals surface area contributed by atoms with Gasteiger partial charge in [0.15, 0.2) is 6.61 Å². The summed E-state index contributed by atoms with van der Waals surface area (Å²) < 4.78 is 10.8. The fourth-order valence-corrected chi connectivity index (χ4v) is 2.54. The Labute approximate surface area is 120 Å². The summed E-state index contributed by atoms with van der Waals surface area (Å²) in [5, 5.41) is 0. The number of likely N-dealkylation sites (tertiary alicyclic amines) is 1. The Kier molecular flexibility index (Phi) is 5.01. The van der Waals surface area contributed by atoms with Gasteiger partial charge in [-0.15, -0.1) is 0 Å². The van der Waals surface area contributed by atoms with E-state index in [0.29, 0.717) is 5.92 Å². The van der Waals surface area contributed by atoms with Gasteiger partial charge in [0, 0.05) is 26.1 Å². The van der Waals surface area contributed by atoms with Gasteiger partial charge in [-0.05, 0) is 37.5 Å². The zero-order valence-corrected chi connectivity index (χ0v) is 12.5. The van der Waals surface area contributed by atoms with Crippen LogP contribution in [0.4, 0.5) is 0 Å². The third-order valence-corrected chi connectivity index (χ3v) is 3.95. The summed E-state index contributed by atoms with van der Waals surface area (Å²) in [7, 11) is 1.70. The van der Waals surface area contributed by atoms with Gasteiger partial charge in [0.25, 0.3) is 5.91 Å². The lowest BCUT2D eigenvalue weighted by molar-refractivity contribution is -0.132. The van der Waals surface area contributed by atoms with Crippen LogP contribution in [0.25, 0.3) is 0 Å². The van der Waals surface area contributed by atoms with Crippen molar-refractivity contribution in [2.75, 3.05) is 33.4 Å². The maximum atomic E-state index is 12.1. The van der Waals surface area contributed by atoms with Gasteiger partial charge in [-0.25, -0.2) is 0 Å². The minimum atomic E-state index is 0.0597. The highest BCUT2D eigenvalue weighted by molar-refractivity contribution is 5.78. The largest absolute Gasteiger partial charge is 0.483 e. The topological polar surface area (TPSA) is 38.8 Å². The Balaban J connectivity index is 1.85. The van der Waals surface area contributed by atoms with Crippen LogP contribution in [0.3, 0.4) is 0 Å². The highest BCUT2D eigenvalue weighted by atomic mass is 16.5. The molecule has 0 bridgehead atoms.